The van der Waals surface area contributed by atoms with Gasteiger partial charge in [0.1, 0.15) is 10.7 Å². The van der Waals surface area contributed by atoms with E-state index in [9.17, 15) is 12.8 Å². The van der Waals surface area contributed by atoms with E-state index in [2.05, 4.69) is 9.71 Å². The van der Waals surface area contributed by atoms with E-state index in [1.54, 1.807) is 31.3 Å². The Balaban J connectivity index is 2.00. The summed E-state index contributed by atoms with van der Waals surface area (Å²) in [4.78, 5) is 2.67. The molecule has 0 amide bonds. The van der Waals surface area contributed by atoms with Crippen LogP contribution in [0, 0.1) is 12.7 Å². The molecule has 2 N–H and O–H groups in total. The highest BCUT2D eigenvalue weighted by molar-refractivity contribution is 7.92. The van der Waals surface area contributed by atoms with E-state index < -0.39 is 15.8 Å². The van der Waals surface area contributed by atoms with Crippen molar-refractivity contribution in [2.45, 2.75) is 11.8 Å². The van der Waals surface area contributed by atoms with Crippen molar-refractivity contribution in [1.82, 2.24) is 4.98 Å². The maximum absolute atomic E-state index is 13.7. The van der Waals surface area contributed by atoms with Gasteiger partial charge in [0.25, 0.3) is 10.0 Å². The van der Waals surface area contributed by atoms with E-state index in [0.717, 1.165) is 17.0 Å². The van der Waals surface area contributed by atoms with Gasteiger partial charge in [0.2, 0.25) is 0 Å². The van der Waals surface area contributed by atoms with Crippen molar-refractivity contribution in [2.24, 2.45) is 0 Å². The quantitative estimate of drug-likeness (QED) is 0.779. The number of hydrogen-bond donors (Lipinski definition) is 2. The standard InChI is InChI=1S/C15H13FN2O2S/c1-10-2-4-13(16)15(8-10)21(19,20)18-12-3-5-14-11(9-12)6-7-17-14/h2-9,17-18H,1H3. The average molecular weight is 304 g/mol. The monoisotopic (exact) mass is 304 g/mol. The number of aromatic nitrogens is 1. The second-order valence-electron chi connectivity index (χ2n) is 4.82. The number of nitrogens with one attached hydrogen (secondary N) is 2. The second kappa shape index (κ2) is 4.89. The van der Waals surface area contributed by atoms with Crippen LogP contribution in [0.25, 0.3) is 10.9 Å². The van der Waals surface area contributed by atoms with E-state index in [0.29, 0.717) is 11.3 Å². The van der Waals surface area contributed by atoms with Gasteiger partial charge < -0.3 is 4.98 Å². The van der Waals surface area contributed by atoms with Crippen LogP contribution < -0.4 is 4.72 Å². The van der Waals surface area contributed by atoms with Gasteiger partial charge in [-0.2, -0.15) is 0 Å². The van der Waals surface area contributed by atoms with Crippen molar-refractivity contribution < 1.29 is 12.8 Å². The number of aryl methyl sites for hydroxylation is 1. The number of rotatable bonds is 3. The summed E-state index contributed by atoms with van der Waals surface area (Å²) in [6.07, 6.45) is 1.77. The Morgan fingerprint density at radius 3 is 2.71 bits per heavy atom. The third kappa shape index (κ3) is 2.62. The molecule has 2 aromatic carbocycles. The lowest BCUT2D eigenvalue weighted by Crippen LogP contribution is -2.14. The molecular weight excluding hydrogens is 291 g/mol. The zero-order valence-corrected chi connectivity index (χ0v) is 12.0. The number of fused-ring (bicyclic) bond motifs is 1. The van der Waals surface area contributed by atoms with Gasteiger partial charge >= 0.3 is 0 Å². The number of H-pyrrole nitrogens is 1. The number of halogens is 1. The molecule has 108 valence electrons. The highest BCUT2D eigenvalue weighted by Gasteiger charge is 2.19. The van der Waals surface area contributed by atoms with E-state index >= 15 is 0 Å². The van der Waals surface area contributed by atoms with Crippen LogP contribution in [0.5, 0.6) is 0 Å². The molecule has 4 nitrogen and oxygen atoms in total. The molecule has 0 aliphatic heterocycles. The van der Waals surface area contributed by atoms with E-state index in [1.807, 2.05) is 6.07 Å². The summed E-state index contributed by atoms with van der Waals surface area (Å²) in [5.41, 5.74) is 1.97. The molecule has 1 heterocycles. The Morgan fingerprint density at radius 2 is 1.90 bits per heavy atom. The van der Waals surface area contributed by atoms with Crippen LogP contribution in [0.15, 0.2) is 53.6 Å². The molecule has 0 atom stereocenters. The molecule has 0 aliphatic rings. The number of benzene rings is 2. The number of aromatic amines is 1. The molecule has 6 heteroatoms. The van der Waals surface area contributed by atoms with Crippen LogP contribution in [-0.4, -0.2) is 13.4 Å². The Bertz CT molecular complexity index is 916. The molecule has 0 bridgehead atoms. The summed E-state index contributed by atoms with van der Waals surface area (Å²) < 4.78 is 40.7. The van der Waals surface area contributed by atoms with Gasteiger partial charge in [0.05, 0.1) is 0 Å². The maximum Gasteiger partial charge on any atom is 0.264 e. The first-order chi connectivity index (χ1) is 9.95. The van der Waals surface area contributed by atoms with Crippen LogP contribution in [0.3, 0.4) is 0 Å². The summed E-state index contributed by atoms with van der Waals surface area (Å²) >= 11 is 0. The van der Waals surface area contributed by atoms with Crippen LogP contribution in [0.4, 0.5) is 10.1 Å². The molecule has 3 aromatic rings. The lowest BCUT2D eigenvalue weighted by Gasteiger charge is -2.09. The van der Waals surface area contributed by atoms with Gasteiger partial charge in [0.15, 0.2) is 0 Å². The summed E-state index contributed by atoms with van der Waals surface area (Å²) in [5.74, 6) is -0.768. The van der Waals surface area contributed by atoms with E-state index in [4.69, 9.17) is 0 Å². The summed E-state index contributed by atoms with van der Waals surface area (Å²) in [5, 5.41) is 0.875. The van der Waals surface area contributed by atoms with Gasteiger partial charge in [-0.25, -0.2) is 12.8 Å². The van der Waals surface area contributed by atoms with Crippen molar-refractivity contribution in [3.63, 3.8) is 0 Å². The van der Waals surface area contributed by atoms with Gasteiger partial charge in [0, 0.05) is 22.8 Å². The number of hydrogen-bond acceptors (Lipinski definition) is 2. The summed E-state index contributed by atoms with van der Waals surface area (Å²) in [6, 6.07) is 10.9. The largest absolute Gasteiger partial charge is 0.361 e. The SMILES string of the molecule is Cc1ccc(F)c(S(=O)(=O)Nc2ccc3[nH]ccc3c2)c1. The molecule has 0 radical (unpaired) electrons. The topological polar surface area (TPSA) is 62.0 Å². The molecule has 0 fully saturated rings. The van der Waals surface area contributed by atoms with Gasteiger partial charge in [-0.05, 0) is 48.9 Å². The van der Waals surface area contributed by atoms with E-state index in [-0.39, 0.29) is 4.90 Å². The fourth-order valence-electron chi connectivity index (χ4n) is 2.14. The minimum absolute atomic E-state index is 0.350. The van der Waals surface area contributed by atoms with Crippen molar-refractivity contribution in [3.05, 3.63) is 60.0 Å². The summed E-state index contributed by atoms with van der Waals surface area (Å²) in [7, 11) is -3.95. The Labute approximate surface area is 121 Å². The van der Waals surface area contributed by atoms with Gasteiger partial charge in [-0.15, -0.1) is 0 Å². The fraction of sp³-hybridized carbons (Fsp3) is 0.0667. The molecular formula is C15H13FN2O2S. The Hall–Kier alpha value is -2.34. The molecule has 0 saturated heterocycles. The van der Waals surface area contributed by atoms with Crippen LogP contribution in [0.2, 0.25) is 0 Å². The highest BCUT2D eigenvalue weighted by Crippen LogP contribution is 2.23. The van der Waals surface area contributed by atoms with Crippen molar-refractivity contribution in [1.29, 1.82) is 0 Å². The second-order valence-corrected chi connectivity index (χ2v) is 6.47. The zero-order chi connectivity index (χ0) is 15.0. The first-order valence-electron chi connectivity index (χ1n) is 6.32. The third-order valence-corrected chi connectivity index (χ3v) is 4.58. The average Bonchev–Trinajstić information content (AvgIpc) is 2.88. The minimum atomic E-state index is -3.95. The third-order valence-electron chi connectivity index (χ3n) is 3.18. The highest BCUT2D eigenvalue weighted by atomic mass is 32.2. The normalized spacial score (nSPS) is 11.7. The Morgan fingerprint density at radius 1 is 1.10 bits per heavy atom. The molecule has 0 unspecified atom stereocenters. The predicted molar refractivity (Wildman–Crippen MR) is 80.2 cm³/mol. The molecule has 3 rings (SSSR count). The first kappa shape index (κ1) is 13.6. The molecule has 0 aliphatic carbocycles. The molecule has 0 spiro atoms. The van der Waals surface area contributed by atoms with Gasteiger partial charge in [-0.1, -0.05) is 6.07 Å². The molecule has 21 heavy (non-hydrogen) atoms. The number of anilines is 1. The van der Waals surface area contributed by atoms with E-state index in [1.165, 1.54) is 12.1 Å². The zero-order valence-electron chi connectivity index (χ0n) is 11.2. The van der Waals surface area contributed by atoms with Crippen LogP contribution in [0.1, 0.15) is 5.56 Å². The van der Waals surface area contributed by atoms with Crippen LogP contribution >= 0.6 is 0 Å². The molecule has 1 aromatic heterocycles. The predicted octanol–water partition coefficient (Wildman–Crippen LogP) is 3.42. The van der Waals surface area contributed by atoms with Crippen molar-refractivity contribution in [2.75, 3.05) is 4.72 Å². The maximum atomic E-state index is 13.7. The number of sulfonamides is 1. The molecule has 0 saturated carbocycles. The lowest BCUT2D eigenvalue weighted by molar-refractivity contribution is 0.570. The van der Waals surface area contributed by atoms with Crippen molar-refractivity contribution in [3.8, 4) is 0 Å². The van der Waals surface area contributed by atoms with Crippen molar-refractivity contribution >= 4 is 26.6 Å². The fourth-order valence-corrected chi connectivity index (χ4v) is 3.36. The first-order valence-corrected chi connectivity index (χ1v) is 7.80. The Kier molecular flexibility index (Phi) is 3.17. The smallest absolute Gasteiger partial charge is 0.264 e. The lowest BCUT2D eigenvalue weighted by atomic mass is 10.2. The van der Waals surface area contributed by atoms with Crippen LogP contribution in [-0.2, 0) is 10.0 Å². The summed E-state index contributed by atoms with van der Waals surface area (Å²) in [6.45, 7) is 1.71. The van der Waals surface area contributed by atoms with Gasteiger partial charge in [-0.3, -0.25) is 4.72 Å². The minimum Gasteiger partial charge on any atom is -0.361 e.